The average molecular weight is 594 g/mol. The first-order valence-electron chi connectivity index (χ1n) is 13.9. The van der Waals surface area contributed by atoms with Gasteiger partial charge in [0.1, 0.15) is 11.5 Å². The molecule has 2 aromatic heterocycles. The predicted molar refractivity (Wildman–Crippen MR) is 167 cm³/mol. The van der Waals surface area contributed by atoms with Crippen molar-refractivity contribution < 1.29 is 24.0 Å². The Balaban J connectivity index is 1.45. The second-order valence-corrected chi connectivity index (χ2v) is 10.7. The Morgan fingerprint density at radius 1 is 0.930 bits per heavy atom. The molecule has 0 fully saturated rings. The lowest BCUT2D eigenvalue weighted by Crippen LogP contribution is -2.32. The van der Waals surface area contributed by atoms with Crippen molar-refractivity contribution in [3.8, 4) is 11.1 Å². The fourth-order valence-corrected chi connectivity index (χ4v) is 5.67. The van der Waals surface area contributed by atoms with Gasteiger partial charge in [-0.1, -0.05) is 54.6 Å². The van der Waals surface area contributed by atoms with Crippen LogP contribution in [0.5, 0.6) is 0 Å². The first-order valence-corrected chi connectivity index (χ1v) is 14.8. The third-order valence-corrected chi connectivity index (χ3v) is 7.94. The summed E-state index contributed by atoms with van der Waals surface area (Å²) in [5, 5.41) is 5.11. The maximum atomic E-state index is 12.7. The van der Waals surface area contributed by atoms with E-state index in [1.165, 1.54) is 16.4 Å². The summed E-state index contributed by atoms with van der Waals surface area (Å²) in [4.78, 5) is 49.1. The van der Waals surface area contributed by atoms with Gasteiger partial charge in [-0.3, -0.25) is 19.4 Å². The van der Waals surface area contributed by atoms with Gasteiger partial charge in [-0.25, -0.2) is 9.86 Å². The zero-order valence-electron chi connectivity index (χ0n) is 23.7. The summed E-state index contributed by atoms with van der Waals surface area (Å²) >= 11 is 1.33. The second kappa shape index (κ2) is 14.4. The van der Waals surface area contributed by atoms with Crippen LogP contribution in [0.4, 0.5) is 5.69 Å². The number of hydroxylamine groups is 2. The minimum atomic E-state index is -0.428. The van der Waals surface area contributed by atoms with Gasteiger partial charge in [0.15, 0.2) is 0 Å². The van der Waals surface area contributed by atoms with Gasteiger partial charge in [-0.2, -0.15) is 0 Å². The number of esters is 1. The lowest BCUT2D eigenvalue weighted by Gasteiger charge is -2.31. The van der Waals surface area contributed by atoms with Crippen LogP contribution >= 0.6 is 11.3 Å². The minimum absolute atomic E-state index is 0.247. The number of fused-ring (bicyclic) bond motifs is 1. The summed E-state index contributed by atoms with van der Waals surface area (Å²) in [6.07, 6.45) is 5.38. The van der Waals surface area contributed by atoms with Crippen molar-refractivity contribution in [2.75, 3.05) is 18.1 Å². The zero-order valence-corrected chi connectivity index (χ0v) is 24.5. The first-order chi connectivity index (χ1) is 21.1. The Morgan fingerprint density at radius 3 is 2.58 bits per heavy atom. The van der Waals surface area contributed by atoms with E-state index in [0.717, 1.165) is 39.4 Å². The summed E-state index contributed by atoms with van der Waals surface area (Å²) in [5.41, 5.74) is 4.31. The topological polar surface area (TPSA) is 89.0 Å². The molecule has 5 aromatic rings. The van der Waals surface area contributed by atoms with Crippen LogP contribution in [-0.2, 0) is 25.8 Å². The molecule has 5 rings (SSSR count). The molecule has 0 spiro atoms. The summed E-state index contributed by atoms with van der Waals surface area (Å²) < 4.78 is 5.15. The fraction of sp³-hybridized carbons (Fsp3) is 0.176. The number of carbonyl (C=O) groups is 3. The average Bonchev–Trinajstić information content (AvgIpc) is 3.56. The number of benzene rings is 3. The number of amides is 2. The van der Waals surface area contributed by atoms with Gasteiger partial charge in [0.05, 0.1) is 19.2 Å². The predicted octanol–water partition coefficient (Wildman–Crippen LogP) is 6.82. The van der Waals surface area contributed by atoms with Gasteiger partial charge in [0.2, 0.25) is 12.8 Å². The van der Waals surface area contributed by atoms with E-state index < -0.39 is 6.04 Å². The van der Waals surface area contributed by atoms with E-state index in [-0.39, 0.29) is 19.1 Å². The highest BCUT2D eigenvalue weighted by Gasteiger charge is 2.23. The number of anilines is 1. The van der Waals surface area contributed by atoms with Crippen LogP contribution in [0.2, 0.25) is 0 Å². The molecule has 8 nitrogen and oxygen atoms in total. The molecule has 9 heteroatoms. The monoisotopic (exact) mass is 593 g/mol. The molecular formula is C34H31N3O5S. The largest absolute Gasteiger partial charge is 0.462 e. The molecule has 3 aromatic carbocycles. The van der Waals surface area contributed by atoms with Crippen molar-refractivity contribution in [1.29, 1.82) is 0 Å². The molecule has 0 saturated heterocycles. The maximum absolute atomic E-state index is 12.7. The second-order valence-electron chi connectivity index (χ2n) is 9.77. The standard InChI is InChI=1S/C34H31N3O5S/c1-2-41-34(40)33-19-30(22-43-33)26-9-6-10-28(17-26)32(14-16-36(23-38)42-21-25-7-4-3-5-8-25)37(24-39)31-12-11-29-20-35-15-13-27(29)18-31/h3-13,15,17-20,22-24,32H,2,14,16,21H2,1H3. The molecule has 0 N–H and O–H groups in total. The first kappa shape index (κ1) is 29.6. The molecule has 218 valence electrons. The number of hydrogen-bond donors (Lipinski definition) is 0. The van der Waals surface area contributed by atoms with E-state index in [9.17, 15) is 14.4 Å². The molecule has 0 aliphatic carbocycles. The zero-order chi connectivity index (χ0) is 30.0. The van der Waals surface area contributed by atoms with Crippen LogP contribution in [0.15, 0.2) is 103 Å². The van der Waals surface area contributed by atoms with E-state index in [4.69, 9.17) is 9.57 Å². The van der Waals surface area contributed by atoms with E-state index in [0.29, 0.717) is 30.0 Å². The number of nitrogens with zero attached hydrogens (tertiary/aromatic N) is 3. The molecule has 0 bridgehead atoms. The number of carbonyl (C=O) groups excluding carboxylic acids is 3. The number of pyridine rings is 1. The quantitative estimate of drug-likeness (QED) is 0.0797. The fourth-order valence-electron chi connectivity index (χ4n) is 4.86. The highest BCUT2D eigenvalue weighted by atomic mass is 32.1. The lowest BCUT2D eigenvalue weighted by molar-refractivity contribution is -0.177. The highest BCUT2D eigenvalue weighted by Crippen LogP contribution is 2.34. The van der Waals surface area contributed by atoms with Crippen LogP contribution in [0.25, 0.3) is 21.9 Å². The SMILES string of the molecule is CCOC(=O)c1cc(-c2cccc(C(CCN(C=O)OCc3ccccc3)N(C=O)c3ccc4cnccc4c3)c2)cs1. The molecule has 0 radical (unpaired) electrons. The van der Waals surface area contributed by atoms with Crippen LogP contribution in [0.3, 0.4) is 0 Å². The van der Waals surface area contributed by atoms with E-state index >= 15 is 0 Å². The van der Waals surface area contributed by atoms with Crippen LogP contribution in [-0.4, -0.2) is 42.0 Å². The van der Waals surface area contributed by atoms with Gasteiger partial charge >= 0.3 is 5.97 Å². The molecule has 0 aliphatic rings. The Bertz CT molecular complexity index is 1690. The third kappa shape index (κ3) is 7.32. The molecule has 0 saturated carbocycles. The van der Waals surface area contributed by atoms with Crippen LogP contribution in [0.1, 0.15) is 40.2 Å². The van der Waals surface area contributed by atoms with Gasteiger partial charge < -0.3 is 9.64 Å². The molecule has 1 unspecified atom stereocenters. The summed E-state index contributed by atoms with van der Waals surface area (Å²) in [7, 11) is 0. The summed E-state index contributed by atoms with van der Waals surface area (Å²) in [6.45, 7) is 2.58. The smallest absolute Gasteiger partial charge is 0.348 e. The van der Waals surface area contributed by atoms with Crippen molar-refractivity contribution in [2.45, 2.75) is 26.0 Å². The number of thiophene rings is 1. The van der Waals surface area contributed by atoms with Gasteiger partial charge in [-0.15, -0.1) is 11.3 Å². The number of aromatic nitrogens is 1. The van der Waals surface area contributed by atoms with Crippen molar-refractivity contribution >= 4 is 46.6 Å². The van der Waals surface area contributed by atoms with E-state index in [2.05, 4.69) is 4.98 Å². The Kier molecular flexibility index (Phi) is 9.89. The molecular weight excluding hydrogens is 562 g/mol. The Labute approximate surface area is 254 Å². The molecule has 2 amide bonds. The number of ether oxygens (including phenoxy) is 1. The van der Waals surface area contributed by atoms with Crippen LogP contribution in [0, 0.1) is 0 Å². The third-order valence-electron chi connectivity index (χ3n) is 7.03. The normalized spacial score (nSPS) is 11.6. The summed E-state index contributed by atoms with van der Waals surface area (Å²) in [5.74, 6) is -0.351. The summed E-state index contributed by atoms with van der Waals surface area (Å²) in [6, 6.07) is 26.6. The van der Waals surface area contributed by atoms with Gasteiger partial charge in [0.25, 0.3) is 0 Å². The van der Waals surface area contributed by atoms with Gasteiger partial charge in [-0.05, 0) is 76.7 Å². The molecule has 1 atom stereocenters. The maximum Gasteiger partial charge on any atom is 0.348 e. The molecule has 43 heavy (non-hydrogen) atoms. The number of hydrogen-bond acceptors (Lipinski definition) is 7. The van der Waals surface area contributed by atoms with Gasteiger partial charge in [0, 0.05) is 23.5 Å². The Hall–Kier alpha value is -4.86. The Morgan fingerprint density at radius 2 is 1.79 bits per heavy atom. The van der Waals surface area contributed by atoms with Crippen molar-refractivity contribution in [3.05, 3.63) is 119 Å². The van der Waals surface area contributed by atoms with Crippen molar-refractivity contribution in [1.82, 2.24) is 10.0 Å². The molecule has 0 aliphatic heterocycles. The molecule has 2 heterocycles. The number of rotatable bonds is 14. The lowest BCUT2D eigenvalue weighted by atomic mass is 9.97. The van der Waals surface area contributed by atoms with E-state index in [1.54, 1.807) is 24.2 Å². The van der Waals surface area contributed by atoms with Crippen molar-refractivity contribution in [2.24, 2.45) is 0 Å². The highest BCUT2D eigenvalue weighted by molar-refractivity contribution is 7.12. The van der Waals surface area contributed by atoms with E-state index in [1.807, 2.05) is 90.3 Å². The van der Waals surface area contributed by atoms with Crippen molar-refractivity contribution in [3.63, 3.8) is 0 Å². The van der Waals surface area contributed by atoms with Crippen LogP contribution < -0.4 is 4.90 Å². The minimum Gasteiger partial charge on any atom is -0.462 e.